The second-order valence-corrected chi connectivity index (χ2v) is 7.59. The second kappa shape index (κ2) is 7.04. The molecule has 4 rings (SSSR count). The summed E-state index contributed by atoms with van der Waals surface area (Å²) in [5.41, 5.74) is 1.75. The normalized spacial score (nSPS) is 15.7. The number of benzene rings is 1. The third-order valence-electron chi connectivity index (χ3n) is 5.00. The molecule has 5 nitrogen and oxygen atoms in total. The molecule has 2 aromatic heterocycles. The van der Waals surface area contributed by atoms with Gasteiger partial charge in [-0.25, -0.2) is 0 Å². The van der Waals surface area contributed by atoms with Gasteiger partial charge in [-0.2, -0.15) is 0 Å². The molecular formula is C19H22N4OS. The molecule has 0 saturated heterocycles. The van der Waals surface area contributed by atoms with Crippen LogP contribution in [0, 0.1) is 6.92 Å². The van der Waals surface area contributed by atoms with E-state index in [1.165, 1.54) is 43.9 Å². The zero-order valence-electron chi connectivity index (χ0n) is 14.4. The highest BCUT2D eigenvalue weighted by Crippen LogP contribution is 2.32. The van der Waals surface area contributed by atoms with Gasteiger partial charge >= 0.3 is 0 Å². The number of hydrogen-bond donors (Lipinski definition) is 1. The molecule has 6 heteroatoms. The van der Waals surface area contributed by atoms with Crippen LogP contribution in [0.4, 0.5) is 0 Å². The summed E-state index contributed by atoms with van der Waals surface area (Å²) < 4.78 is 2.24. The van der Waals surface area contributed by atoms with E-state index in [0.717, 1.165) is 27.4 Å². The molecule has 0 aliphatic heterocycles. The molecule has 3 aromatic rings. The molecule has 1 fully saturated rings. The van der Waals surface area contributed by atoms with Gasteiger partial charge in [-0.3, -0.25) is 4.79 Å². The largest absolute Gasteiger partial charge is 0.360 e. The summed E-state index contributed by atoms with van der Waals surface area (Å²) in [6, 6.07) is 8.38. The van der Waals surface area contributed by atoms with Crippen molar-refractivity contribution < 1.29 is 4.79 Å². The number of aromatic nitrogens is 4. The SMILES string of the molecule is Cc1nnc(SCC(=O)c2c[nH]c3ccccc23)n1C1CCCCC1. The lowest BCUT2D eigenvalue weighted by molar-refractivity contribution is 0.102. The zero-order chi connectivity index (χ0) is 17.2. The van der Waals surface area contributed by atoms with Crippen molar-refractivity contribution in [3.63, 3.8) is 0 Å². The van der Waals surface area contributed by atoms with Gasteiger partial charge in [0.15, 0.2) is 10.9 Å². The molecular weight excluding hydrogens is 332 g/mol. The molecule has 25 heavy (non-hydrogen) atoms. The number of aromatic amines is 1. The Bertz CT molecular complexity index is 892. The standard InChI is InChI=1S/C19H22N4OS/c1-13-21-22-19(23(13)14-7-3-2-4-8-14)25-12-18(24)16-11-20-17-10-6-5-9-15(16)17/h5-6,9-11,14,20H,2-4,7-8,12H2,1H3. The average molecular weight is 354 g/mol. The number of para-hydroxylation sites is 1. The van der Waals surface area contributed by atoms with Crippen molar-refractivity contribution in [2.75, 3.05) is 5.75 Å². The molecule has 1 aliphatic rings. The Morgan fingerprint density at radius 1 is 1.24 bits per heavy atom. The van der Waals surface area contributed by atoms with Crippen LogP contribution in [0.15, 0.2) is 35.6 Å². The molecule has 1 aliphatic carbocycles. The fourth-order valence-corrected chi connectivity index (χ4v) is 4.65. The Balaban J connectivity index is 1.51. The number of thioether (sulfide) groups is 1. The number of carbonyl (C=O) groups is 1. The lowest BCUT2D eigenvalue weighted by atomic mass is 9.95. The molecule has 0 atom stereocenters. The predicted molar refractivity (Wildman–Crippen MR) is 100 cm³/mol. The molecule has 1 aromatic carbocycles. The minimum Gasteiger partial charge on any atom is -0.360 e. The van der Waals surface area contributed by atoms with Gasteiger partial charge in [0.1, 0.15) is 5.82 Å². The first kappa shape index (κ1) is 16.4. The fraction of sp³-hybridized carbons (Fsp3) is 0.421. The molecule has 0 amide bonds. The van der Waals surface area contributed by atoms with Crippen molar-refractivity contribution >= 4 is 28.4 Å². The van der Waals surface area contributed by atoms with Gasteiger partial charge < -0.3 is 9.55 Å². The van der Waals surface area contributed by atoms with Crippen molar-refractivity contribution in [3.05, 3.63) is 41.9 Å². The van der Waals surface area contributed by atoms with Crippen LogP contribution in [-0.4, -0.2) is 31.3 Å². The van der Waals surface area contributed by atoms with Crippen LogP contribution in [0.2, 0.25) is 0 Å². The third-order valence-corrected chi connectivity index (χ3v) is 5.94. The number of Topliss-reactive ketones (excluding diaryl/α,β-unsaturated/α-hetero) is 1. The van der Waals surface area contributed by atoms with E-state index >= 15 is 0 Å². The average Bonchev–Trinajstić information content (AvgIpc) is 3.24. The maximum atomic E-state index is 12.7. The summed E-state index contributed by atoms with van der Waals surface area (Å²) >= 11 is 1.50. The van der Waals surface area contributed by atoms with Crippen LogP contribution in [0.5, 0.6) is 0 Å². The number of aryl methyl sites for hydroxylation is 1. The van der Waals surface area contributed by atoms with Gasteiger partial charge in [-0.05, 0) is 25.8 Å². The summed E-state index contributed by atoms with van der Waals surface area (Å²) in [5.74, 6) is 1.46. The molecule has 0 spiro atoms. The zero-order valence-corrected chi connectivity index (χ0v) is 15.2. The van der Waals surface area contributed by atoms with Crippen molar-refractivity contribution in [3.8, 4) is 0 Å². The van der Waals surface area contributed by atoms with Crippen LogP contribution in [-0.2, 0) is 0 Å². The van der Waals surface area contributed by atoms with Crippen molar-refractivity contribution in [1.82, 2.24) is 19.7 Å². The first-order chi connectivity index (χ1) is 12.2. The smallest absolute Gasteiger partial charge is 0.191 e. The fourth-order valence-electron chi connectivity index (χ4n) is 3.72. The Morgan fingerprint density at radius 3 is 2.88 bits per heavy atom. The Hall–Kier alpha value is -2.08. The topological polar surface area (TPSA) is 63.6 Å². The van der Waals surface area contributed by atoms with E-state index in [9.17, 15) is 4.79 Å². The van der Waals surface area contributed by atoms with Gasteiger partial charge in [0.05, 0.1) is 5.75 Å². The lowest BCUT2D eigenvalue weighted by Crippen LogP contribution is -2.15. The second-order valence-electron chi connectivity index (χ2n) is 6.65. The molecule has 1 N–H and O–H groups in total. The van der Waals surface area contributed by atoms with Crippen LogP contribution >= 0.6 is 11.8 Å². The number of hydrogen-bond acceptors (Lipinski definition) is 4. The van der Waals surface area contributed by atoms with Gasteiger partial charge in [-0.15, -0.1) is 10.2 Å². The van der Waals surface area contributed by atoms with E-state index < -0.39 is 0 Å². The highest BCUT2D eigenvalue weighted by Gasteiger charge is 2.22. The van der Waals surface area contributed by atoms with E-state index in [0.29, 0.717) is 11.8 Å². The van der Waals surface area contributed by atoms with Crippen LogP contribution in [0.3, 0.4) is 0 Å². The minimum atomic E-state index is 0.123. The van der Waals surface area contributed by atoms with E-state index in [-0.39, 0.29) is 5.78 Å². The number of fused-ring (bicyclic) bond motifs is 1. The quantitative estimate of drug-likeness (QED) is 0.539. The Morgan fingerprint density at radius 2 is 2.04 bits per heavy atom. The van der Waals surface area contributed by atoms with Crippen molar-refractivity contribution in [2.24, 2.45) is 0 Å². The molecule has 2 heterocycles. The first-order valence-electron chi connectivity index (χ1n) is 8.87. The predicted octanol–water partition coefficient (Wildman–Crippen LogP) is 4.55. The number of nitrogens with one attached hydrogen (secondary N) is 1. The molecule has 0 unspecified atom stereocenters. The van der Waals surface area contributed by atoms with E-state index in [2.05, 4.69) is 19.7 Å². The van der Waals surface area contributed by atoms with Crippen LogP contribution < -0.4 is 0 Å². The summed E-state index contributed by atoms with van der Waals surface area (Å²) in [6.07, 6.45) is 8.02. The molecule has 0 radical (unpaired) electrons. The molecule has 130 valence electrons. The van der Waals surface area contributed by atoms with E-state index in [1.54, 1.807) is 0 Å². The summed E-state index contributed by atoms with van der Waals surface area (Å²) in [7, 11) is 0. The van der Waals surface area contributed by atoms with E-state index in [4.69, 9.17) is 0 Å². The van der Waals surface area contributed by atoms with Crippen molar-refractivity contribution in [1.29, 1.82) is 0 Å². The Labute approximate surface area is 151 Å². The maximum Gasteiger partial charge on any atom is 0.191 e. The highest BCUT2D eigenvalue weighted by atomic mass is 32.2. The number of H-pyrrole nitrogens is 1. The van der Waals surface area contributed by atoms with Gasteiger partial charge in [0.2, 0.25) is 0 Å². The van der Waals surface area contributed by atoms with E-state index in [1.807, 2.05) is 37.4 Å². The Kier molecular flexibility index (Phi) is 4.61. The van der Waals surface area contributed by atoms with Gasteiger partial charge in [0, 0.05) is 28.7 Å². The summed E-state index contributed by atoms with van der Waals surface area (Å²) in [6.45, 7) is 2.01. The number of carbonyl (C=O) groups excluding carboxylic acids is 1. The van der Waals surface area contributed by atoms with Crippen LogP contribution in [0.25, 0.3) is 10.9 Å². The van der Waals surface area contributed by atoms with Crippen molar-refractivity contribution in [2.45, 2.75) is 50.2 Å². The maximum absolute atomic E-state index is 12.7. The van der Waals surface area contributed by atoms with Gasteiger partial charge in [-0.1, -0.05) is 49.2 Å². The lowest BCUT2D eigenvalue weighted by Gasteiger charge is -2.24. The van der Waals surface area contributed by atoms with Gasteiger partial charge in [0.25, 0.3) is 0 Å². The molecule has 0 bridgehead atoms. The first-order valence-corrected chi connectivity index (χ1v) is 9.86. The number of nitrogens with zero attached hydrogens (tertiary/aromatic N) is 3. The monoisotopic (exact) mass is 354 g/mol. The summed E-state index contributed by atoms with van der Waals surface area (Å²) in [4.78, 5) is 15.9. The summed E-state index contributed by atoms with van der Waals surface area (Å²) in [5, 5.41) is 10.4. The highest BCUT2D eigenvalue weighted by molar-refractivity contribution is 7.99. The molecule has 1 saturated carbocycles. The number of rotatable bonds is 5. The van der Waals surface area contributed by atoms with Crippen LogP contribution in [0.1, 0.15) is 54.3 Å². The third kappa shape index (κ3) is 3.23. The minimum absolute atomic E-state index is 0.123. The number of ketones is 1.